The van der Waals surface area contributed by atoms with Gasteiger partial charge in [-0.15, -0.1) is 0 Å². The Morgan fingerprint density at radius 3 is 2.48 bits per heavy atom. The number of piperidine rings is 1. The highest BCUT2D eigenvalue weighted by Gasteiger charge is 2.33. The third-order valence-electron chi connectivity index (χ3n) is 5.17. The smallest absolute Gasteiger partial charge is 0.163 e. The number of hydrogen-bond donors (Lipinski definition) is 1. The maximum Gasteiger partial charge on any atom is 0.163 e. The zero-order valence-corrected chi connectivity index (χ0v) is 17.8. The van der Waals surface area contributed by atoms with Crippen LogP contribution in [0.3, 0.4) is 0 Å². The molecule has 6 heteroatoms. The molecule has 27 heavy (non-hydrogen) atoms. The number of halogens is 3. The third-order valence-corrected chi connectivity index (χ3v) is 6.32. The first kappa shape index (κ1) is 20.7. The second kappa shape index (κ2) is 8.99. The Morgan fingerprint density at radius 1 is 1.19 bits per heavy atom. The Labute approximate surface area is 177 Å². The van der Waals surface area contributed by atoms with Gasteiger partial charge in [-0.05, 0) is 84.3 Å². The molecule has 0 spiro atoms. The highest BCUT2D eigenvalue weighted by molar-refractivity contribution is 14.1. The molecule has 0 bridgehead atoms. The monoisotopic (exact) mass is 499 g/mol. The van der Waals surface area contributed by atoms with E-state index >= 15 is 0 Å². The van der Waals surface area contributed by atoms with Crippen LogP contribution in [0.15, 0.2) is 42.5 Å². The fourth-order valence-corrected chi connectivity index (χ4v) is 4.41. The Balaban J connectivity index is 1.47. The molecular weight excluding hydrogens is 478 g/mol. The minimum absolute atomic E-state index is 0.0501. The van der Waals surface area contributed by atoms with Gasteiger partial charge in [0.2, 0.25) is 0 Å². The first-order chi connectivity index (χ1) is 12.9. The summed E-state index contributed by atoms with van der Waals surface area (Å²) >= 11 is 7.93. The van der Waals surface area contributed by atoms with Gasteiger partial charge in [0.1, 0.15) is 5.82 Å². The van der Waals surface area contributed by atoms with Crippen LogP contribution in [0.2, 0.25) is 5.02 Å². The first-order valence-electron chi connectivity index (χ1n) is 9.06. The zero-order valence-electron chi connectivity index (χ0n) is 14.9. The number of Topliss-reactive ketones (excluding diaryl/α,β-unsaturated/α-hetero) is 1. The molecule has 0 radical (unpaired) electrons. The quantitative estimate of drug-likeness (QED) is 0.448. The lowest BCUT2D eigenvalue weighted by Crippen LogP contribution is -2.42. The van der Waals surface area contributed by atoms with Crippen LogP contribution >= 0.6 is 34.2 Å². The molecule has 0 atom stereocenters. The minimum Gasteiger partial charge on any atom is -0.385 e. The molecule has 2 aromatic rings. The topological polar surface area (TPSA) is 40.5 Å². The van der Waals surface area contributed by atoms with E-state index in [1.54, 1.807) is 6.07 Å². The van der Waals surface area contributed by atoms with Gasteiger partial charge < -0.3 is 10.0 Å². The Bertz CT molecular complexity index is 804. The lowest BCUT2D eigenvalue weighted by molar-refractivity contribution is -0.0260. The highest BCUT2D eigenvalue weighted by atomic mass is 125. The van der Waals surface area contributed by atoms with Gasteiger partial charge in [0.05, 0.1) is 5.60 Å². The van der Waals surface area contributed by atoms with Crippen LogP contribution < -0.4 is 0 Å². The second-order valence-corrected chi connectivity index (χ2v) is 8.63. The van der Waals surface area contributed by atoms with E-state index in [0.717, 1.165) is 31.6 Å². The van der Waals surface area contributed by atoms with Crippen LogP contribution in [0, 0.1) is 9.39 Å². The predicted octanol–water partition coefficient (Wildman–Crippen LogP) is 5.03. The van der Waals surface area contributed by atoms with Crippen molar-refractivity contribution in [3.63, 3.8) is 0 Å². The number of carbonyl (C=O) groups excluding carboxylic acids is 1. The van der Waals surface area contributed by atoms with E-state index in [1.165, 1.54) is 12.1 Å². The van der Waals surface area contributed by atoms with Gasteiger partial charge in [-0.3, -0.25) is 4.79 Å². The number of hydrogen-bond acceptors (Lipinski definition) is 3. The van der Waals surface area contributed by atoms with Crippen molar-refractivity contribution in [3.05, 3.63) is 68.0 Å². The summed E-state index contributed by atoms with van der Waals surface area (Å²) in [5.41, 5.74) is 0.696. The maximum absolute atomic E-state index is 13.2. The van der Waals surface area contributed by atoms with E-state index in [1.807, 2.05) is 46.9 Å². The molecule has 3 nitrogen and oxygen atoms in total. The van der Waals surface area contributed by atoms with Crippen LogP contribution in [0.4, 0.5) is 4.39 Å². The third kappa shape index (κ3) is 5.28. The van der Waals surface area contributed by atoms with Crippen molar-refractivity contribution in [1.29, 1.82) is 0 Å². The fraction of sp³-hybridized carbons (Fsp3) is 0.381. The van der Waals surface area contributed by atoms with Crippen LogP contribution in [0.1, 0.15) is 41.6 Å². The van der Waals surface area contributed by atoms with Gasteiger partial charge in [0.25, 0.3) is 0 Å². The number of aliphatic hydroxyl groups is 1. The molecule has 0 amide bonds. The molecule has 0 aromatic heterocycles. The summed E-state index contributed by atoms with van der Waals surface area (Å²) in [5, 5.41) is 11.6. The van der Waals surface area contributed by atoms with Crippen molar-refractivity contribution in [2.24, 2.45) is 0 Å². The van der Waals surface area contributed by atoms with E-state index < -0.39 is 5.60 Å². The van der Waals surface area contributed by atoms with E-state index in [4.69, 9.17) is 11.6 Å². The number of ketones is 1. The predicted molar refractivity (Wildman–Crippen MR) is 114 cm³/mol. The van der Waals surface area contributed by atoms with Crippen LogP contribution in [0.25, 0.3) is 0 Å². The molecule has 3 rings (SSSR count). The number of benzene rings is 2. The summed E-state index contributed by atoms with van der Waals surface area (Å²) in [6.07, 6.45) is 2.53. The number of likely N-dealkylation sites (tertiary alicyclic amines) is 1. The van der Waals surface area contributed by atoms with Gasteiger partial charge in [0, 0.05) is 33.7 Å². The van der Waals surface area contributed by atoms with Crippen molar-refractivity contribution in [3.8, 4) is 0 Å². The summed E-state index contributed by atoms with van der Waals surface area (Å²) in [7, 11) is 0. The summed E-state index contributed by atoms with van der Waals surface area (Å²) in [5.74, 6) is -0.272. The van der Waals surface area contributed by atoms with Gasteiger partial charge in [-0.1, -0.05) is 23.7 Å². The SMILES string of the molecule is O=C(CCCN1CCC(O)(c2ccc(Cl)cc2)CC1)c1ccc(F)cc1[125I]. The van der Waals surface area contributed by atoms with Crippen LogP contribution in [0.5, 0.6) is 0 Å². The molecule has 0 aliphatic carbocycles. The second-order valence-electron chi connectivity index (χ2n) is 7.03. The standard InChI is InChI=1S/C21H22ClFINO2/c22-16-5-3-15(4-6-16)21(27)9-12-25(13-10-21)11-1-2-20(26)18-8-7-17(23)14-19(18)24/h3-8,14,27H,1-2,9-13H2/i24-2. The van der Waals surface area contributed by atoms with E-state index in [0.29, 0.717) is 33.4 Å². The number of carbonyl (C=O) groups is 1. The molecule has 2 aromatic carbocycles. The molecule has 1 saturated heterocycles. The Kier molecular flexibility index (Phi) is 6.89. The van der Waals surface area contributed by atoms with Crippen molar-refractivity contribution in [2.75, 3.05) is 19.6 Å². The van der Waals surface area contributed by atoms with Crippen LogP contribution in [-0.4, -0.2) is 35.4 Å². The first-order valence-corrected chi connectivity index (χ1v) is 10.5. The highest BCUT2D eigenvalue weighted by Crippen LogP contribution is 2.33. The molecule has 1 fully saturated rings. The molecule has 144 valence electrons. The molecule has 0 unspecified atom stereocenters. The molecule has 1 N–H and O–H groups in total. The van der Waals surface area contributed by atoms with E-state index in [9.17, 15) is 14.3 Å². The van der Waals surface area contributed by atoms with Gasteiger partial charge >= 0.3 is 0 Å². The summed E-state index contributed by atoms with van der Waals surface area (Å²) < 4.78 is 13.8. The summed E-state index contributed by atoms with van der Waals surface area (Å²) in [6, 6.07) is 11.7. The van der Waals surface area contributed by atoms with Crippen molar-refractivity contribution in [1.82, 2.24) is 4.90 Å². The number of rotatable bonds is 6. The van der Waals surface area contributed by atoms with Crippen LogP contribution in [-0.2, 0) is 5.60 Å². The van der Waals surface area contributed by atoms with Crippen molar-refractivity contribution in [2.45, 2.75) is 31.3 Å². The molecule has 1 heterocycles. The Morgan fingerprint density at radius 2 is 1.85 bits per heavy atom. The molecule has 1 aliphatic rings. The average Bonchev–Trinajstić information content (AvgIpc) is 2.64. The zero-order chi connectivity index (χ0) is 19.4. The lowest BCUT2D eigenvalue weighted by atomic mass is 9.84. The molecule has 1 aliphatic heterocycles. The largest absolute Gasteiger partial charge is 0.385 e. The summed E-state index contributed by atoms with van der Waals surface area (Å²) in [4.78, 5) is 14.6. The fourth-order valence-electron chi connectivity index (χ4n) is 3.51. The molecule has 0 saturated carbocycles. The van der Waals surface area contributed by atoms with Crippen molar-refractivity contribution < 1.29 is 14.3 Å². The number of nitrogens with zero attached hydrogens (tertiary/aromatic N) is 1. The normalized spacial score (nSPS) is 17.0. The van der Waals surface area contributed by atoms with Gasteiger partial charge in [-0.25, -0.2) is 4.39 Å². The summed E-state index contributed by atoms with van der Waals surface area (Å²) in [6.45, 7) is 2.41. The van der Waals surface area contributed by atoms with Crippen molar-refractivity contribution >= 4 is 40.0 Å². The lowest BCUT2D eigenvalue weighted by Gasteiger charge is -2.38. The molecular formula is C21H22ClFINO2. The van der Waals surface area contributed by atoms with E-state index in [-0.39, 0.29) is 11.6 Å². The van der Waals surface area contributed by atoms with Gasteiger partial charge in [0.15, 0.2) is 5.78 Å². The maximum atomic E-state index is 13.2. The van der Waals surface area contributed by atoms with Gasteiger partial charge in [-0.2, -0.15) is 0 Å². The minimum atomic E-state index is -0.804. The Hall–Kier alpha value is -1.02. The van der Waals surface area contributed by atoms with E-state index in [2.05, 4.69) is 4.90 Å². The average molecular weight is 500 g/mol.